The van der Waals surface area contributed by atoms with Crippen molar-refractivity contribution in [3.8, 4) is 0 Å². The molecule has 0 radical (unpaired) electrons. The third-order valence-electron chi connectivity index (χ3n) is 2.82. The zero-order valence-electron chi connectivity index (χ0n) is 11.6. The number of non-ortho nitro benzene ring substituents is 1. The maximum absolute atomic E-state index is 10.8. The number of nitro benzene ring substituents is 2. The van der Waals surface area contributed by atoms with Gasteiger partial charge in [-0.3, -0.25) is 20.2 Å². The van der Waals surface area contributed by atoms with Crippen molar-refractivity contribution in [3.63, 3.8) is 0 Å². The lowest BCUT2D eigenvalue weighted by Crippen LogP contribution is -2.19. The van der Waals surface area contributed by atoms with Gasteiger partial charge in [0.1, 0.15) is 5.69 Å². The number of anilines is 3. The normalized spacial score (nSPS) is 9.91. The highest BCUT2D eigenvalue weighted by atomic mass is 32.1. The first-order chi connectivity index (χ1) is 10.9. The van der Waals surface area contributed by atoms with E-state index >= 15 is 0 Å². The average molecular weight is 333 g/mol. The predicted octanol–water partition coefficient (Wildman–Crippen LogP) is 2.89. The molecule has 0 saturated heterocycles. The summed E-state index contributed by atoms with van der Waals surface area (Å²) in [5.41, 5.74) is 6.23. The van der Waals surface area contributed by atoms with Crippen LogP contribution in [0.1, 0.15) is 0 Å². The highest BCUT2D eigenvalue weighted by Crippen LogP contribution is 2.25. The van der Waals surface area contributed by atoms with Gasteiger partial charge in [0.15, 0.2) is 5.11 Å². The summed E-state index contributed by atoms with van der Waals surface area (Å²) in [6.45, 7) is 0. The Morgan fingerprint density at radius 1 is 0.957 bits per heavy atom. The van der Waals surface area contributed by atoms with Gasteiger partial charge in [-0.25, -0.2) is 0 Å². The summed E-state index contributed by atoms with van der Waals surface area (Å²) in [4.78, 5) is 20.3. The van der Waals surface area contributed by atoms with E-state index in [0.717, 1.165) is 0 Å². The summed E-state index contributed by atoms with van der Waals surface area (Å²) < 4.78 is 0. The summed E-state index contributed by atoms with van der Waals surface area (Å²) in [5.74, 6) is 0. The minimum absolute atomic E-state index is 0.0383. The molecule has 0 saturated carbocycles. The molecule has 0 spiro atoms. The molecule has 0 atom stereocenters. The Kier molecular flexibility index (Phi) is 4.66. The van der Waals surface area contributed by atoms with Gasteiger partial charge in [-0.1, -0.05) is 0 Å². The van der Waals surface area contributed by atoms with Gasteiger partial charge in [-0.15, -0.1) is 0 Å². The Hall–Kier alpha value is -3.27. The summed E-state index contributed by atoms with van der Waals surface area (Å²) in [6.07, 6.45) is 0. The van der Waals surface area contributed by atoms with Gasteiger partial charge in [0, 0.05) is 29.6 Å². The molecule has 0 aliphatic rings. The van der Waals surface area contributed by atoms with E-state index in [1.165, 1.54) is 36.4 Å². The molecule has 4 N–H and O–H groups in total. The van der Waals surface area contributed by atoms with Crippen LogP contribution in [0.5, 0.6) is 0 Å². The number of thiocarbonyl (C=S) groups is 1. The van der Waals surface area contributed by atoms with Crippen molar-refractivity contribution < 1.29 is 9.85 Å². The zero-order chi connectivity index (χ0) is 17.0. The Labute approximate surface area is 135 Å². The molecule has 0 unspecified atom stereocenters. The second-order valence-corrected chi connectivity index (χ2v) is 4.82. The molecule has 0 aromatic heterocycles. The molecular weight excluding hydrogens is 322 g/mol. The molecule has 2 aromatic rings. The number of nitrogens with zero attached hydrogens (tertiary/aromatic N) is 2. The maximum Gasteiger partial charge on any atom is 0.294 e. The highest BCUT2D eigenvalue weighted by Gasteiger charge is 2.12. The lowest BCUT2D eigenvalue weighted by molar-refractivity contribution is -0.384. The van der Waals surface area contributed by atoms with Crippen LogP contribution in [0.3, 0.4) is 0 Å². The molecule has 0 fully saturated rings. The summed E-state index contributed by atoms with van der Waals surface area (Å²) in [6, 6.07) is 9.87. The number of nitro groups is 2. The SMILES string of the molecule is Nc1ccc(NC(=S)Nc2ccc([N+](=O)[O-])cc2)cc1[N+](=O)[O-]. The van der Waals surface area contributed by atoms with Crippen molar-refractivity contribution in [1.82, 2.24) is 0 Å². The number of nitrogens with one attached hydrogen (secondary N) is 2. The van der Waals surface area contributed by atoms with E-state index < -0.39 is 9.85 Å². The van der Waals surface area contributed by atoms with E-state index in [4.69, 9.17) is 18.0 Å². The number of hydrogen-bond donors (Lipinski definition) is 3. The first-order valence-corrected chi connectivity index (χ1v) is 6.64. The lowest BCUT2D eigenvalue weighted by Gasteiger charge is -2.10. The first-order valence-electron chi connectivity index (χ1n) is 6.23. The fourth-order valence-corrected chi connectivity index (χ4v) is 1.98. The van der Waals surface area contributed by atoms with E-state index in [9.17, 15) is 20.2 Å². The van der Waals surface area contributed by atoms with Crippen LogP contribution in [-0.2, 0) is 0 Å². The van der Waals surface area contributed by atoms with Crippen LogP contribution in [0.25, 0.3) is 0 Å². The van der Waals surface area contributed by atoms with Crippen LogP contribution >= 0.6 is 12.2 Å². The molecule has 2 rings (SSSR count). The molecule has 0 bridgehead atoms. The highest BCUT2D eigenvalue weighted by molar-refractivity contribution is 7.80. The van der Waals surface area contributed by atoms with Gasteiger partial charge in [-0.05, 0) is 36.5 Å². The molecule has 23 heavy (non-hydrogen) atoms. The van der Waals surface area contributed by atoms with Crippen LogP contribution in [0.15, 0.2) is 42.5 Å². The van der Waals surface area contributed by atoms with E-state index in [1.54, 1.807) is 6.07 Å². The van der Waals surface area contributed by atoms with Crippen LogP contribution in [-0.4, -0.2) is 15.0 Å². The second-order valence-electron chi connectivity index (χ2n) is 4.41. The lowest BCUT2D eigenvalue weighted by atomic mass is 10.2. The fraction of sp³-hybridized carbons (Fsp3) is 0. The fourth-order valence-electron chi connectivity index (χ4n) is 1.74. The summed E-state index contributed by atoms with van der Waals surface area (Å²) in [5, 5.41) is 27.2. The second kappa shape index (κ2) is 6.66. The molecule has 0 aliphatic carbocycles. The van der Waals surface area contributed by atoms with Gasteiger partial charge in [0.2, 0.25) is 0 Å². The van der Waals surface area contributed by atoms with Gasteiger partial charge < -0.3 is 16.4 Å². The zero-order valence-corrected chi connectivity index (χ0v) is 12.4. The number of benzene rings is 2. The van der Waals surface area contributed by atoms with Crippen molar-refractivity contribution >= 4 is 45.8 Å². The minimum atomic E-state index is -0.590. The monoisotopic (exact) mass is 333 g/mol. The van der Waals surface area contributed by atoms with Crippen molar-refractivity contribution in [2.75, 3.05) is 16.4 Å². The topological polar surface area (TPSA) is 136 Å². The van der Waals surface area contributed by atoms with Crippen LogP contribution in [0.4, 0.5) is 28.4 Å². The number of rotatable bonds is 4. The largest absolute Gasteiger partial charge is 0.393 e. The molecule has 0 amide bonds. The van der Waals surface area contributed by atoms with Crippen molar-refractivity contribution in [2.45, 2.75) is 0 Å². The number of nitrogens with two attached hydrogens (primary N) is 1. The molecule has 118 valence electrons. The molecule has 2 aromatic carbocycles. The van der Waals surface area contributed by atoms with Crippen LogP contribution in [0.2, 0.25) is 0 Å². The van der Waals surface area contributed by atoms with Gasteiger partial charge in [0.25, 0.3) is 11.4 Å². The summed E-state index contributed by atoms with van der Waals surface area (Å²) in [7, 11) is 0. The van der Waals surface area contributed by atoms with E-state index in [0.29, 0.717) is 11.4 Å². The Bertz CT molecular complexity index is 778. The van der Waals surface area contributed by atoms with Gasteiger partial charge >= 0.3 is 0 Å². The standard InChI is InChI=1S/C13H11N5O4S/c14-11-6-3-9(7-12(11)18(21)22)16-13(23)15-8-1-4-10(5-2-8)17(19)20/h1-7H,14H2,(H2,15,16,23). The van der Waals surface area contributed by atoms with E-state index in [1.807, 2.05) is 0 Å². The Balaban J connectivity index is 2.06. The van der Waals surface area contributed by atoms with E-state index in [2.05, 4.69) is 10.6 Å². The molecular formula is C13H11N5O4S. The molecule has 0 heterocycles. The average Bonchev–Trinajstić information content (AvgIpc) is 2.49. The van der Waals surface area contributed by atoms with Crippen LogP contribution < -0.4 is 16.4 Å². The van der Waals surface area contributed by atoms with E-state index in [-0.39, 0.29) is 22.2 Å². The third-order valence-corrected chi connectivity index (χ3v) is 3.03. The Morgan fingerprint density at radius 3 is 2.09 bits per heavy atom. The van der Waals surface area contributed by atoms with Gasteiger partial charge in [-0.2, -0.15) is 0 Å². The smallest absolute Gasteiger partial charge is 0.294 e. The predicted molar refractivity (Wildman–Crippen MR) is 90.4 cm³/mol. The number of hydrogen-bond acceptors (Lipinski definition) is 6. The quantitative estimate of drug-likeness (QED) is 0.336. The van der Waals surface area contributed by atoms with Crippen molar-refractivity contribution in [2.24, 2.45) is 0 Å². The minimum Gasteiger partial charge on any atom is -0.393 e. The molecule has 0 aliphatic heterocycles. The number of nitrogen functional groups attached to an aromatic ring is 1. The molecule has 10 heteroatoms. The van der Waals surface area contributed by atoms with Crippen molar-refractivity contribution in [3.05, 3.63) is 62.7 Å². The van der Waals surface area contributed by atoms with Crippen LogP contribution in [0, 0.1) is 20.2 Å². The van der Waals surface area contributed by atoms with Crippen molar-refractivity contribution in [1.29, 1.82) is 0 Å². The Morgan fingerprint density at radius 2 is 1.52 bits per heavy atom. The maximum atomic E-state index is 10.8. The first kappa shape index (κ1) is 16.1. The summed E-state index contributed by atoms with van der Waals surface area (Å²) >= 11 is 5.09. The molecule has 9 nitrogen and oxygen atoms in total. The third kappa shape index (κ3) is 4.11. The van der Waals surface area contributed by atoms with Gasteiger partial charge in [0.05, 0.1) is 9.85 Å².